The molecule has 2 heteroatoms. The van der Waals surface area contributed by atoms with Gasteiger partial charge in [0.25, 0.3) is 0 Å². The summed E-state index contributed by atoms with van der Waals surface area (Å²) in [5, 5.41) is 0. The van der Waals surface area contributed by atoms with Crippen LogP contribution in [0.25, 0.3) is 0 Å². The first-order valence-electron chi connectivity index (χ1n) is 9.49. The van der Waals surface area contributed by atoms with E-state index in [-0.39, 0.29) is 5.83 Å². The van der Waals surface area contributed by atoms with Gasteiger partial charge in [-0.1, -0.05) is 56.7 Å². The summed E-state index contributed by atoms with van der Waals surface area (Å²) in [6, 6.07) is 0. The number of halogens is 1. The number of hydrogen-bond acceptors (Lipinski definition) is 1. The molecule has 0 saturated heterocycles. The standard InChI is InChI=1S/C22H34FN/c1-3-5-18-24-19-10-8-6-7-9-14-21(16-12-20-24)15-11-17-22(23)13-4-2/h4,9,11,13-14,16-17H,2-3,5-8,10,12,15,18-20H2,1H3/b14-9-,17-11-,21-16+,22-13+. The van der Waals surface area contributed by atoms with Crippen molar-refractivity contribution < 1.29 is 4.39 Å². The van der Waals surface area contributed by atoms with Gasteiger partial charge in [-0.25, -0.2) is 4.39 Å². The molecule has 1 heterocycles. The minimum absolute atomic E-state index is 0.242. The molecule has 0 radical (unpaired) electrons. The number of unbranched alkanes of at least 4 members (excludes halogenated alkanes) is 1. The lowest BCUT2D eigenvalue weighted by Crippen LogP contribution is -2.27. The molecule has 24 heavy (non-hydrogen) atoms. The quantitative estimate of drug-likeness (QED) is 0.480. The van der Waals surface area contributed by atoms with E-state index in [1.54, 1.807) is 0 Å². The molecular formula is C22H34FN. The van der Waals surface area contributed by atoms with E-state index in [1.165, 1.54) is 69.0 Å². The van der Waals surface area contributed by atoms with Crippen molar-refractivity contribution in [3.63, 3.8) is 0 Å². The number of rotatable bonds is 7. The third kappa shape index (κ3) is 10.4. The van der Waals surface area contributed by atoms with Crippen molar-refractivity contribution in [3.8, 4) is 0 Å². The maximum atomic E-state index is 13.3. The van der Waals surface area contributed by atoms with E-state index < -0.39 is 0 Å². The van der Waals surface area contributed by atoms with Gasteiger partial charge in [0.05, 0.1) is 0 Å². The number of allylic oxidation sites excluding steroid dienone is 8. The average Bonchev–Trinajstić information content (AvgIpc) is 2.56. The lowest BCUT2D eigenvalue weighted by molar-refractivity contribution is 0.267. The molecular weight excluding hydrogens is 297 g/mol. The van der Waals surface area contributed by atoms with Crippen LogP contribution < -0.4 is 0 Å². The predicted molar refractivity (Wildman–Crippen MR) is 105 cm³/mol. The largest absolute Gasteiger partial charge is 0.303 e. The molecule has 0 fully saturated rings. The Morgan fingerprint density at radius 2 is 2.12 bits per heavy atom. The monoisotopic (exact) mass is 331 g/mol. The molecule has 0 unspecified atom stereocenters. The second kappa shape index (κ2) is 14.0. The molecule has 1 aliphatic rings. The van der Waals surface area contributed by atoms with Crippen LogP contribution in [0.3, 0.4) is 0 Å². The lowest BCUT2D eigenvalue weighted by Gasteiger charge is -2.21. The maximum absolute atomic E-state index is 13.3. The summed E-state index contributed by atoms with van der Waals surface area (Å²) in [5.74, 6) is -0.242. The zero-order valence-corrected chi connectivity index (χ0v) is 15.4. The van der Waals surface area contributed by atoms with E-state index in [1.807, 2.05) is 6.08 Å². The van der Waals surface area contributed by atoms with Crippen LogP contribution in [0.2, 0.25) is 0 Å². The van der Waals surface area contributed by atoms with E-state index in [0.29, 0.717) is 0 Å². The summed E-state index contributed by atoms with van der Waals surface area (Å²) in [6.45, 7) is 9.34. The first-order chi connectivity index (χ1) is 11.8. The van der Waals surface area contributed by atoms with E-state index >= 15 is 0 Å². The fourth-order valence-corrected chi connectivity index (χ4v) is 2.85. The van der Waals surface area contributed by atoms with Crippen molar-refractivity contribution in [2.24, 2.45) is 0 Å². The third-order valence-corrected chi connectivity index (χ3v) is 4.26. The fraction of sp³-hybridized carbons (Fsp3) is 0.545. The summed E-state index contributed by atoms with van der Waals surface area (Å²) in [4.78, 5) is 2.60. The summed E-state index contributed by atoms with van der Waals surface area (Å²) >= 11 is 0. The van der Waals surface area contributed by atoms with Crippen LogP contribution in [0.15, 0.2) is 60.5 Å². The van der Waals surface area contributed by atoms with Crippen LogP contribution in [-0.4, -0.2) is 24.5 Å². The second-order valence-corrected chi connectivity index (χ2v) is 6.41. The zero-order valence-electron chi connectivity index (χ0n) is 15.4. The van der Waals surface area contributed by atoms with Gasteiger partial charge < -0.3 is 4.90 Å². The molecule has 1 rings (SSSR count). The predicted octanol–water partition coefficient (Wildman–Crippen LogP) is 6.52. The Labute approximate surface area is 148 Å². The molecule has 0 aromatic heterocycles. The highest BCUT2D eigenvalue weighted by molar-refractivity contribution is 5.24. The molecule has 1 aliphatic heterocycles. The molecule has 0 aliphatic carbocycles. The van der Waals surface area contributed by atoms with Crippen molar-refractivity contribution >= 4 is 0 Å². The lowest BCUT2D eigenvalue weighted by atomic mass is 10.1. The molecule has 0 amide bonds. The fourth-order valence-electron chi connectivity index (χ4n) is 2.85. The Morgan fingerprint density at radius 3 is 2.92 bits per heavy atom. The van der Waals surface area contributed by atoms with Crippen molar-refractivity contribution in [3.05, 3.63) is 60.5 Å². The first-order valence-corrected chi connectivity index (χ1v) is 9.49. The number of nitrogens with zero attached hydrogens (tertiary/aromatic N) is 1. The summed E-state index contributed by atoms with van der Waals surface area (Å²) in [7, 11) is 0. The minimum atomic E-state index is -0.242. The molecule has 0 atom stereocenters. The van der Waals surface area contributed by atoms with Gasteiger partial charge in [-0.05, 0) is 69.3 Å². The Balaban J connectivity index is 2.62. The number of hydrogen-bond donors (Lipinski definition) is 0. The van der Waals surface area contributed by atoms with E-state index in [4.69, 9.17) is 0 Å². The van der Waals surface area contributed by atoms with E-state index in [9.17, 15) is 4.39 Å². The Hall–Kier alpha value is -1.41. The molecule has 0 saturated carbocycles. The molecule has 134 valence electrons. The SMILES string of the molecule is C=C/C=C(F)\C=C/CC1=C/CCN(CCCC)CCCCC/C=C\1. The molecule has 0 spiro atoms. The Kier molecular flexibility index (Phi) is 12.0. The Bertz CT molecular complexity index is 457. The summed E-state index contributed by atoms with van der Waals surface area (Å²) in [6.07, 6.45) is 22.5. The van der Waals surface area contributed by atoms with Crippen LogP contribution in [0.1, 0.15) is 58.3 Å². The Morgan fingerprint density at radius 1 is 1.25 bits per heavy atom. The van der Waals surface area contributed by atoms with Crippen molar-refractivity contribution in [1.82, 2.24) is 4.90 Å². The van der Waals surface area contributed by atoms with Crippen LogP contribution in [0.5, 0.6) is 0 Å². The third-order valence-electron chi connectivity index (χ3n) is 4.26. The van der Waals surface area contributed by atoms with Gasteiger partial charge in [-0.15, -0.1) is 0 Å². The van der Waals surface area contributed by atoms with Crippen molar-refractivity contribution in [2.45, 2.75) is 58.3 Å². The van der Waals surface area contributed by atoms with Crippen LogP contribution >= 0.6 is 0 Å². The van der Waals surface area contributed by atoms with Crippen LogP contribution in [0.4, 0.5) is 4.39 Å². The highest BCUT2D eigenvalue weighted by Crippen LogP contribution is 2.13. The summed E-state index contributed by atoms with van der Waals surface area (Å²) < 4.78 is 13.3. The molecule has 0 N–H and O–H groups in total. The van der Waals surface area contributed by atoms with Gasteiger partial charge in [0.2, 0.25) is 0 Å². The molecule has 1 nitrogen and oxygen atoms in total. The van der Waals surface area contributed by atoms with Crippen molar-refractivity contribution in [1.29, 1.82) is 0 Å². The second-order valence-electron chi connectivity index (χ2n) is 6.41. The van der Waals surface area contributed by atoms with E-state index in [2.05, 4.69) is 36.6 Å². The minimum Gasteiger partial charge on any atom is -0.303 e. The smallest absolute Gasteiger partial charge is 0.122 e. The summed E-state index contributed by atoms with van der Waals surface area (Å²) in [5.41, 5.74) is 1.29. The van der Waals surface area contributed by atoms with Crippen LogP contribution in [-0.2, 0) is 0 Å². The van der Waals surface area contributed by atoms with Gasteiger partial charge in [0, 0.05) is 6.54 Å². The van der Waals surface area contributed by atoms with Gasteiger partial charge in [-0.3, -0.25) is 0 Å². The average molecular weight is 332 g/mol. The van der Waals surface area contributed by atoms with Crippen molar-refractivity contribution in [2.75, 3.05) is 19.6 Å². The normalized spacial score (nSPS) is 22.4. The molecule has 0 bridgehead atoms. The highest BCUT2D eigenvalue weighted by atomic mass is 19.1. The first kappa shape index (κ1) is 20.6. The topological polar surface area (TPSA) is 3.24 Å². The van der Waals surface area contributed by atoms with Crippen LogP contribution in [0, 0.1) is 0 Å². The molecule has 0 aromatic rings. The van der Waals surface area contributed by atoms with Gasteiger partial charge in [0.1, 0.15) is 5.83 Å². The zero-order chi connectivity index (χ0) is 17.5. The maximum Gasteiger partial charge on any atom is 0.122 e. The van der Waals surface area contributed by atoms with Gasteiger partial charge >= 0.3 is 0 Å². The molecule has 0 aromatic carbocycles. The van der Waals surface area contributed by atoms with E-state index in [0.717, 1.165) is 25.8 Å². The van der Waals surface area contributed by atoms with Gasteiger partial charge in [0.15, 0.2) is 0 Å². The van der Waals surface area contributed by atoms with Gasteiger partial charge in [-0.2, -0.15) is 0 Å². The highest BCUT2D eigenvalue weighted by Gasteiger charge is 2.04.